The van der Waals surface area contributed by atoms with E-state index < -0.39 is 12.2 Å². The van der Waals surface area contributed by atoms with Gasteiger partial charge in [-0.2, -0.15) is 0 Å². The standard InChI is InChI=1S/C14H20ClNO4/c1-4-8(2)12(17)5-9-6-13(20-3)10(15)7-11(9)16-14(18)19/h6-8,12,16-17H,4-5H2,1-3H3,(H,18,19). The number of carboxylic acid groups (broad SMARTS) is 1. The number of halogens is 1. The van der Waals surface area contributed by atoms with Gasteiger partial charge in [0, 0.05) is 12.1 Å². The van der Waals surface area contributed by atoms with Crippen LogP contribution in [0.2, 0.25) is 5.02 Å². The van der Waals surface area contributed by atoms with Crippen molar-refractivity contribution in [2.24, 2.45) is 5.92 Å². The summed E-state index contributed by atoms with van der Waals surface area (Å²) in [4.78, 5) is 10.8. The van der Waals surface area contributed by atoms with Gasteiger partial charge in [-0.25, -0.2) is 4.79 Å². The molecule has 1 aromatic rings. The van der Waals surface area contributed by atoms with Gasteiger partial charge in [0.1, 0.15) is 5.75 Å². The lowest BCUT2D eigenvalue weighted by molar-refractivity contribution is 0.115. The zero-order chi connectivity index (χ0) is 15.3. The molecule has 5 nitrogen and oxygen atoms in total. The second-order valence-corrected chi connectivity index (χ2v) is 5.14. The molecule has 0 heterocycles. The van der Waals surface area contributed by atoms with Crippen molar-refractivity contribution in [2.75, 3.05) is 12.4 Å². The number of aliphatic hydroxyl groups is 1. The summed E-state index contributed by atoms with van der Waals surface area (Å²) < 4.78 is 5.13. The summed E-state index contributed by atoms with van der Waals surface area (Å²) in [6.45, 7) is 3.94. The third-order valence-electron chi connectivity index (χ3n) is 3.35. The predicted molar refractivity (Wildman–Crippen MR) is 78.8 cm³/mol. The summed E-state index contributed by atoms with van der Waals surface area (Å²) in [5, 5.41) is 21.6. The van der Waals surface area contributed by atoms with E-state index in [1.54, 1.807) is 6.07 Å². The highest BCUT2D eigenvalue weighted by Crippen LogP contribution is 2.32. The van der Waals surface area contributed by atoms with Crippen LogP contribution in [0.5, 0.6) is 5.75 Å². The molecule has 0 aliphatic rings. The number of anilines is 1. The average Bonchev–Trinajstić information content (AvgIpc) is 2.39. The molecule has 1 aromatic carbocycles. The molecule has 0 aromatic heterocycles. The monoisotopic (exact) mass is 301 g/mol. The molecule has 0 bridgehead atoms. The number of benzene rings is 1. The zero-order valence-corrected chi connectivity index (χ0v) is 12.6. The number of hydrogen-bond acceptors (Lipinski definition) is 3. The molecule has 0 spiro atoms. The summed E-state index contributed by atoms with van der Waals surface area (Å²) >= 11 is 5.99. The van der Waals surface area contributed by atoms with Crippen LogP contribution in [0.4, 0.5) is 10.5 Å². The number of hydrogen-bond donors (Lipinski definition) is 3. The molecule has 3 N–H and O–H groups in total. The van der Waals surface area contributed by atoms with E-state index in [2.05, 4.69) is 5.32 Å². The highest BCUT2D eigenvalue weighted by atomic mass is 35.5. The normalized spacial score (nSPS) is 13.7. The Morgan fingerprint density at radius 1 is 1.50 bits per heavy atom. The van der Waals surface area contributed by atoms with Crippen LogP contribution in [0.15, 0.2) is 12.1 Å². The minimum atomic E-state index is -1.18. The summed E-state index contributed by atoms with van der Waals surface area (Å²) in [5.74, 6) is 0.573. The average molecular weight is 302 g/mol. The summed E-state index contributed by atoms with van der Waals surface area (Å²) in [6.07, 6.45) is -0.558. The molecule has 0 saturated heterocycles. The molecular weight excluding hydrogens is 282 g/mol. The van der Waals surface area contributed by atoms with E-state index in [0.717, 1.165) is 6.42 Å². The van der Waals surface area contributed by atoms with Gasteiger partial charge < -0.3 is 14.9 Å². The second kappa shape index (κ2) is 7.36. The van der Waals surface area contributed by atoms with Crippen LogP contribution in [-0.2, 0) is 6.42 Å². The molecule has 0 aliphatic carbocycles. The Kier molecular flexibility index (Phi) is 6.10. The van der Waals surface area contributed by atoms with E-state index in [0.29, 0.717) is 28.4 Å². The fourth-order valence-corrected chi connectivity index (χ4v) is 2.09. The molecule has 0 fully saturated rings. The maximum absolute atomic E-state index is 10.8. The van der Waals surface area contributed by atoms with Crippen LogP contribution in [0.25, 0.3) is 0 Å². The number of aliphatic hydroxyl groups excluding tert-OH is 1. The molecule has 1 amide bonds. The Bertz CT molecular complexity index is 478. The Morgan fingerprint density at radius 2 is 2.15 bits per heavy atom. The molecule has 112 valence electrons. The quantitative estimate of drug-likeness (QED) is 0.752. The maximum atomic E-state index is 10.8. The highest BCUT2D eigenvalue weighted by molar-refractivity contribution is 6.32. The molecule has 0 aliphatic heterocycles. The first kappa shape index (κ1) is 16.6. The third kappa shape index (κ3) is 4.28. The molecule has 0 radical (unpaired) electrons. The number of ether oxygens (including phenoxy) is 1. The maximum Gasteiger partial charge on any atom is 0.409 e. The van der Waals surface area contributed by atoms with Crippen LogP contribution < -0.4 is 10.1 Å². The van der Waals surface area contributed by atoms with Crippen molar-refractivity contribution in [3.8, 4) is 5.75 Å². The van der Waals surface area contributed by atoms with Gasteiger partial charge in [-0.15, -0.1) is 0 Å². The fraction of sp³-hybridized carbons (Fsp3) is 0.500. The van der Waals surface area contributed by atoms with E-state index in [9.17, 15) is 9.90 Å². The van der Waals surface area contributed by atoms with E-state index in [-0.39, 0.29) is 5.92 Å². The molecule has 6 heteroatoms. The number of rotatable bonds is 6. The Hall–Kier alpha value is -1.46. The zero-order valence-electron chi connectivity index (χ0n) is 11.8. The van der Waals surface area contributed by atoms with Crippen LogP contribution in [0.3, 0.4) is 0 Å². The van der Waals surface area contributed by atoms with Gasteiger partial charge in [0.15, 0.2) is 0 Å². The molecular formula is C14H20ClNO4. The van der Waals surface area contributed by atoms with Gasteiger partial charge in [0.25, 0.3) is 0 Å². The van der Waals surface area contributed by atoms with Gasteiger partial charge in [0.05, 0.1) is 18.2 Å². The summed E-state index contributed by atoms with van der Waals surface area (Å²) in [7, 11) is 1.49. The van der Waals surface area contributed by atoms with E-state index in [1.807, 2.05) is 13.8 Å². The fourth-order valence-electron chi connectivity index (χ4n) is 1.85. The lowest BCUT2D eigenvalue weighted by Crippen LogP contribution is -2.21. The first-order valence-corrected chi connectivity index (χ1v) is 6.81. The molecule has 2 unspecified atom stereocenters. The Balaban J connectivity index is 3.09. The molecule has 2 atom stereocenters. The van der Waals surface area contributed by atoms with Crippen LogP contribution in [0, 0.1) is 5.92 Å². The van der Waals surface area contributed by atoms with Gasteiger partial charge in [-0.3, -0.25) is 5.32 Å². The highest BCUT2D eigenvalue weighted by Gasteiger charge is 2.18. The first-order chi connectivity index (χ1) is 9.38. The lowest BCUT2D eigenvalue weighted by Gasteiger charge is -2.19. The van der Waals surface area contributed by atoms with Gasteiger partial charge >= 0.3 is 6.09 Å². The van der Waals surface area contributed by atoms with Crippen molar-refractivity contribution in [1.29, 1.82) is 0 Å². The van der Waals surface area contributed by atoms with Gasteiger partial charge in [-0.1, -0.05) is 31.9 Å². The van der Waals surface area contributed by atoms with Crippen molar-refractivity contribution < 1.29 is 19.7 Å². The molecule has 1 rings (SSSR count). The minimum absolute atomic E-state index is 0.120. The Morgan fingerprint density at radius 3 is 2.65 bits per heavy atom. The number of amides is 1. The van der Waals surface area contributed by atoms with Crippen molar-refractivity contribution in [2.45, 2.75) is 32.8 Å². The summed E-state index contributed by atoms with van der Waals surface area (Å²) in [5.41, 5.74) is 1.02. The largest absolute Gasteiger partial charge is 0.495 e. The second-order valence-electron chi connectivity index (χ2n) is 4.73. The van der Waals surface area contributed by atoms with Crippen molar-refractivity contribution in [3.63, 3.8) is 0 Å². The molecule has 0 saturated carbocycles. The number of methoxy groups -OCH3 is 1. The van der Waals surface area contributed by atoms with Crippen LogP contribution in [-0.4, -0.2) is 29.5 Å². The lowest BCUT2D eigenvalue weighted by atomic mass is 9.95. The SMILES string of the molecule is CCC(C)C(O)Cc1cc(OC)c(Cl)cc1NC(=O)O. The minimum Gasteiger partial charge on any atom is -0.495 e. The van der Waals surface area contributed by atoms with Crippen molar-refractivity contribution in [3.05, 3.63) is 22.7 Å². The third-order valence-corrected chi connectivity index (χ3v) is 3.64. The van der Waals surface area contributed by atoms with Crippen LogP contribution >= 0.6 is 11.6 Å². The van der Waals surface area contributed by atoms with Crippen molar-refractivity contribution in [1.82, 2.24) is 0 Å². The van der Waals surface area contributed by atoms with E-state index >= 15 is 0 Å². The first-order valence-electron chi connectivity index (χ1n) is 6.43. The van der Waals surface area contributed by atoms with E-state index in [1.165, 1.54) is 13.2 Å². The smallest absolute Gasteiger partial charge is 0.409 e. The van der Waals surface area contributed by atoms with Crippen molar-refractivity contribution >= 4 is 23.4 Å². The van der Waals surface area contributed by atoms with Gasteiger partial charge in [-0.05, 0) is 23.6 Å². The predicted octanol–water partition coefficient (Wildman–Crippen LogP) is 3.39. The van der Waals surface area contributed by atoms with Gasteiger partial charge in [0.2, 0.25) is 0 Å². The number of nitrogens with one attached hydrogen (secondary N) is 1. The number of carbonyl (C=O) groups is 1. The van der Waals surface area contributed by atoms with Crippen LogP contribution in [0.1, 0.15) is 25.8 Å². The molecule has 20 heavy (non-hydrogen) atoms. The Labute approximate surface area is 123 Å². The van der Waals surface area contributed by atoms with E-state index in [4.69, 9.17) is 21.4 Å². The summed E-state index contributed by atoms with van der Waals surface area (Å²) in [6, 6.07) is 3.15. The topological polar surface area (TPSA) is 78.8 Å².